The number of nitrogens with zero attached hydrogens (tertiary/aromatic N) is 4. The maximum absolute atomic E-state index is 12.9. The summed E-state index contributed by atoms with van der Waals surface area (Å²) >= 11 is 0. The van der Waals surface area contributed by atoms with Gasteiger partial charge in [-0.15, -0.1) is 0 Å². The number of amides is 1. The van der Waals surface area contributed by atoms with Gasteiger partial charge in [-0.2, -0.15) is 5.10 Å². The van der Waals surface area contributed by atoms with Crippen LogP contribution in [0.1, 0.15) is 28.8 Å². The molecule has 0 aliphatic carbocycles. The summed E-state index contributed by atoms with van der Waals surface area (Å²) in [7, 11) is 0. The number of imidazole rings is 1. The molecule has 130 valence electrons. The number of carbonyl (C=O) groups is 1. The van der Waals surface area contributed by atoms with Gasteiger partial charge in [0.1, 0.15) is 11.2 Å². The molecule has 0 bridgehead atoms. The van der Waals surface area contributed by atoms with Crippen molar-refractivity contribution in [3.05, 3.63) is 41.6 Å². The largest absolute Gasteiger partial charge is 0.339 e. The summed E-state index contributed by atoms with van der Waals surface area (Å²) in [6.45, 7) is 3.64. The molecule has 2 N–H and O–H groups in total. The number of aryl methyl sites for hydroxylation is 1. The van der Waals surface area contributed by atoms with Crippen LogP contribution in [0.3, 0.4) is 0 Å². The smallest absolute Gasteiger partial charge is 0.256 e. The zero-order valence-corrected chi connectivity index (χ0v) is 14.4. The van der Waals surface area contributed by atoms with Gasteiger partial charge in [0.15, 0.2) is 11.5 Å². The van der Waals surface area contributed by atoms with Crippen LogP contribution in [0.5, 0.6) is 0 Å². The SMILES string of the molecule is Cc1cnc2n[nH]c(-c3nc4c(C(=O)N5CCCC5)cccc4[nH]3)c2c1. The average molecular weight is 346 g/mol. The molecule has 4 aromatic rings. The van der Waals surface area contributed by atoms with Crippen LogP contribution in [-0.4, -0.2) is 49.0 Å². The van der Waals surface area contributed by atoms with Gasteiger partial charge in [-0.3, -0.25) is 9.89 Å². The van der Waals surface area contributed by atoms with Gasteiger partial charge in [0.25, 0.3) is 5.91 Å². The summed E-state index contributed by atoms with van der Waals surface area (Å²) in [4.78, 5) is 27.1. The Bertz CT molecular complexity index is 1140. The van der Waals surface area contributed by atoms with Crippen molar-refractivity contribution in [2.24, 2.45) is 0 Å². The summed E-state index contributed by atoms with van der Waals surface area (Å²) < 4.78 is 0. The van der Waals surface area contributed by atoms with Crippen LogP contribution in [0.4, 0.5) is 0 Å². The lowest BCUT2D eigenvalue weighted by Crippen LogP contribution is -2.27. The minimum Gasteiger partial charge on any atom is -0.339 e. The minimum atomic E-state index is 0.0538. The third kappa shape index (κ3) is 2.28. The number of fused-ring (bicyclic) bond motifs is 2. The summed E-state index contributed by atoms with van der Waals surface area (Å²) in [6, 6.07) is 7.72. The molecule has 26 heavy (non-hydrogen) atoms. The first-order valence-corrected chi connectivity index (χ1v) is 8.80. The van der Waals surface area contributed by atoms with E-state index in [9.17, 15) is 4.79 Å². The molecule has 7 nitrogen and oxygen atoms in total. The van der Waals surface area contributed by atoms with E-state index in [1.165, 1.54) is 0 Å². The number of H-pyrrole nitrogens is 2. The predicted octanol–water partition coefficient (Wildman–Crippen LogP) is 3.05. The molecule has 1 saturated heterocycles. The molecule has 0 unspecified atom stereocenters. The highest BCUT2D eigenvalue weighted by Gasteiger charge is 2.23. The van der Waals surface area contributed by atoms with Crippen molar-refractivity contribution in [2.75, 3.05) is 13.1 Å². The van der Waals surface area contributed by atoms with Crippen LogP contribution in [0.2, 0.25) is 0 Å². The van der Waals surface area contributed by atoms with Crippen molar-refractivity contribution in [1.29, 1.82) is 0 Å². The lowest BCUT2D eigenvalue weighted by molar-refractivity contribution is 0.0794. The fourth-order valence-corrected chi connectivity index (χ4v) is 3.60. The van der Waals surface area contributed by atoms with E-state index in [1.54, 1.807) is 6.20 Å². The molecule has 1 fully saturated rings. The highest BCUT2D eigenvalue weighted by molar-refractivity contribution is 6.06. The maximum Gasteiger partial charge on any atom is 0.256 e. The van der Waals surface area contributed by atoms with E-state index in [0.717, 1.165) is 48.1 Å². The first kappa shape index (κ1) is 15.1. The van der Waals surface area contributed by atoms with Crippen LogP contribution >= 0.6 is 0 Å². The third-order valence-corrected chi connectivity index (χ3v) is 4.92. The third-order valence-electron chi connectivity index (χ3n) is 4.92. The Balaban J connectivity index is 1.65. The molecule has 1 aromatic carbocycles. The van der Waals surface area contributed by atoms with E-state index in [0.29, 0.717) is 22.6 Å². The number of para-hydroxylation sites is 1. The number of rotatable bonds is 2. The van der Waals surface area contributed by atoms with Crippen LogP contribution in [-0.2, 0) is 0 Å². The first-order chi connectivity index (χ1) is 12.7. The number of aromatic nitrogens is 5. The van der Waals surface area contributed by atoms with Gasteiger partial charge < -0.3 is 9.88 Å². The lowest BCUT2D eigenvalue weighted by atomic mass is 10.1. The van der Waals surface area contributed by atoms with Crippen LogP contribution in [0.15, 0.2) is 30.5 Å². The molecule has 3 aromatic heterocycles. The average Bonchev–Trinajstić information content (AvgIpc) is 3.38. The molecule has 0 atom stereocenters. The van der Waals surface area contributed by atoms with Gasteiger partial charge in [-0.25, -0.2) is 9.97 Å². The van der Waals surface area contributed by atoms with Crippen LogP contribution in [0.25, 0.3) is 33.6 Å². The number of benzene rings is 1. The number of nitrogens with one attached hydrogen (secondary N) is 2. The Morgan fingerprint density at radius 2 is 2.08 bits per heavy atom. The lowest BCUT2D eigenvalue weighted by Gasteiger charge is -2.15. The molecular formula is C19H18N6O. The number of aromatic amines is 2. The van der Waals surface area contributed by atoms with E-state index < -0.39 is 0 Å². The number of pyridine rings is 1. The van der Waals surface area contributed by atoms with Crippen molar-refractivity contribution in [1.82, 2.24) is 30.0 Å². The van der Waals surface area contributed by atoms with Gasteiger partial charge in [-0.05, 0) is 43.5 Å². The molecule has 7 heteroatoms. The number of likely N-dealkylation sites (tertiary alicyclic amines) is 1. The Labute approximate surface area is 149 Å². The van der Waals surface area contributed by atoms with Crippen LogP contribution < -0.4 is 0 Å². The molecule has 0 saturated carbocycles. The summed E-state index contributed by atoms with van der Waals surface area (Å²) in [5.74, 6) is 0.717. The predicted molar refractivity (Wildman–Crippen MR) is 98.9 cm³/mol. The Kier molecular flexibility index (Phi) is 3.28. The Morgan fingerprint density at radius 3 is 2.92 bits per heavy atom. The second kappa shape index (κ2) is 5.66. The van der Waals surface area contributed by atoms with E-state index in [4.69, 9.17) is 4.98 Å². The first-order valence-electron chi connectivity index (χ1n) is 8.80. The topological polar surface area (TPSA) is 90.6 Å². The fourth-order valence-electron chi connectivity index (χ4n) is 3.60. The quantitative estimate of drug-likeness (QED) is 0.584. The Hall–Kier alpha value is -3.22. The zero-order valence-electron chi connectivity index (χ0n) is 14.4. The van der Waals surface area contributed by atoms with Gasteiger partial charge >= 0.3 is 0 Å². The van der Waals surface area contributed by atoms with Crippen LogP contribution in [0, 0.1) is 6.92 Å². The van der Waals surface area contributed by atoms with Gasteiger partial charge in [-0.1, -0.05) is 6.07 Å². The second-order valence-corrected chi connectivity index (χ2v) is 6.77. The molecule has 0 spiro atoms. The molecule has 1 aliphatic heterocycles. The highest BCUT2D eigenvalue weighted by atomic mass is 16.2. The molecular weight excluding hydrogens is 328 g/mol. The zero-order chi connectivity index (χ0) is 17.7. The molecule has 1 aliphatic rings. The van der Waals surface area contributed by atoms with Gasteiger partial charge in [0.2, 0.25) is 0 Å². The van der Waals surface area contributed by atoms with Crippen molar-refractivity contribution in [3.8, 4) is 11.5 Å². The van der Waals surface area contributed by atoms with Crippen molar-refractivity contribution in [2.45, 2.75) is 19.8 Å². The van der Waals surface area contributed by atoms with Crippen molar-refractivity contribution >= 4 is 28.0 Å². The molecule has 5 rings (SSSR count). The van der Waals surface area contributed by atoms with E-state index >= 15 is 0 Å². The highest BCUT2D eigenvalue weighted by Crippen LogP contribution is 2.28. The van der Waals surface area contributed by atoms with E-state index in [1.807, 2.05) is 36.1 Å². The van der Waals surface area contributed by atoms with E-state index in [2.05, 4.69) is 20.2 Å². The standard InChI is InChI=1S/C19H18N6O/c1-11-9-13-16(23-24-17(13)20-10-11)18-21-14-6-4-5-12(15(14)22-18)19(26)25-7-2-3-8-25/h4-6,9-10H,2-3,7-8H2,1H3,(H,21,22)(H,20,23,24). The number of hydrogen-bond donors (Lipinski definition) is 2. The summed E-state index contributed by atoms with van der Waals surface area (Å²) in [5.41, 5.74) is 4.67. The van der Waals surface area contributed by atoms with E-state index in [-0.39, 0.29) is 5.91 Å². The number of carbonyl (C=O) groups excluding carboxylic acids is 1. The number of hydrogen-bond acceptors (Lipinski definition) is 4. The normalized spacial score (nSPS) is 14.6. The summed E-state index contributed by atoms with van der Waals surface area (Å²) in [5, 5.41) is 8.19. The fraction of sp³-hybridized carbons (Fsp3) is 0.263. The summed E-state index contributed by atoms with van der Waals surface area (Å²) in [6.07, 6.45) is 3.93. The Morgan fingerprint density at radius 1 is 1.23 bits per heavy atom. The molecule has 4 heterocycles. The monoisotopic (exact) mass is 346 g/mol. The van der Waals surface area contributed by atoms with Crippen molar-refractivity contribution in [3.63, 3.8) is 0 Å². The maximum atomic E-state index is 12.9. The molecule has 0 radical (unpaired) electrons. The molecule has 1 amide bonds. The minimum absolute atomic E-state index is 0.0538. The van der Waals surface area contributed by atoms with Gasteiger partial charge in [0.05, 0.1) is 16.5 Å². The van der Waals surface area contributed by atoms with Gasteiger partial charge in [0, 0.05) is 19.3 Å². The second-order valence-electron chi connectivity index (χ2n) is 6.77. The van der Waals surface area contributed by atoms with Crippen molar-refractivity contribution < 1.29 is 4.79 Å².